The van der Waals surface area contributed by atoms with Crippen molar-refractivity contribution in [2.75, 3.05) is 19.6 Å². The van der Waals surface area contributed by atoms with Crippen LogP contribution in [0.1, 0.15) is 25.8 Å². The molecular weight excluding hydrogens is 210 g/mol. The number of hydrogen-bond acceptors (Lipinski definition) is 1. The number of ether oxygens (including phenoxy) is 1. The predicted molar refractivity (Wildman–Crippen MR) is 70.3 cm³/mol. The monoisotopic (exact) mass is 234 g/mol. The standard InChI is InChI=1S/C15H23NO/c1-13-11-16(12-14(2)17-13)10-6-9-15-7-4-3-5-8-15/h3-5,7-8,13-14H,6,9-12H2,1-2H3/p+1/t13-,14+. The molecule has 0 bridgehead atoms. The van der Waals surface area contributed by atoms with Crippen LogP contribution < -0.4 is 4.90 Å². The van der Waals surface area contributed by atoms with Gasteiger partial charge in [-0.3, -0.25) is 0 Å². The van der Waals surface area contributed by atoms with E-state index < -0.39 is 0 Å². The molecule has 1 N–H and O–H groups in total. The summed E-state index contributed by atoms with van der Waals surface area (Å²) in [5.74, 6) is 0. The van der Waals surface area contributed by atoms with Crippen LogP contribution in [0.5, 0.6) is 0 Å². The lowest BCUT2D eigenvalue weighted by Crippen LogP contribution is -3.15. The summed E-state index contributed by atoms with van der Waals surface area (Å²) < 4.78 is 5.76. The van der Waals surface area contributed by atoms with Gasteiger partial charge in [-0.15, -0.1) is 0 Å². The van der Waals surface area contributed by atoms with E-state index in [2.05, 4.69) is 44.2 Å². The van der Waals surface area contributed by atoms with Crippen molar-refractivity contribution in [3.63, 3.8) is 0 Å². The van der Waals surface area contributed by atoms with Crippen LogP contribution in [-0.2, 0) is 11.2 Å². The molecule has 1 aromatic rings. The van der Waals surface area contributed by atoms with Crippen LogP contribution in [0.2, 0.25) is 0 Å². The Hall–Kier alpha value is -0.860. The first-order valence-electron chi connectivity index (χ1n) is 6.77. The third-order valence-corrected chi connectivity index (χ3v) is 3.46. The lowest BCUT2D eigenvalue weighted by Gasteiger charge is -2.32. The van der Waals surface area contributed by atoms with Crippen LogP contribution in [0.25, 0.3) is 0 Å². The van der Waals surface area contributed by atoms with E-state index in [1.165, 1.54) is 38.0 Å². The zero-order chi connectivity index (χ0) is 12.1. The first kappa shape index (κ1) is 12.6. The van der Waals surface area contributed by atoms with Crippen LogP contribution in [-0.4, -0.2) is 31.8 Å². The molecule has 0 saturated carbocycles. The Morgan fingerprint density at radius 2 is 1.76 bits per heavy atom. The van der Waals surface area contributed by atoms with Gasteiger partial charge >= 0.3 is 0 Å². The minimum absolute atomic E-state index is 0.422. The van der Waals surface area contributed by atoms with Crippen LogP contribution in [0.4, 0.5) is 0 Å². The molecule has 17 heavy (non-hydrogen) atoms. The average Bonchev–Trinajstić information content (AvgIpc) is 2.29. The Kier molecular flexibility index (Phi) is 4.57. The Morgan fingerprint density at radius 1 is 1.12 bits per heavy atom. The van der Waals surface area contributed by atoms with E-state index >= 15 is 0 Å². The van der Waals surface area contributed by atoms with Gasteiger partial charge in [-0.2, -0.15) is 0 Å². The van der Waals surface area contributed by atoms with Gasteiger partial charge in [0.25, 0.3) is 0 Å². The van der Waals surface area contributed by atoms with E-state index in [4.69, 9.17) is 4.74 Å². The minimum atomic E-state index is 0.422. The van der Waals surface area contributed by atoms with Crippen LogP contribution in [0.3, 0.4) is 0 Å². The Labute approximate surface area is 105 Å². The van der Waals surface area contributed by atoms with E-state index in [0.717, 1.165) is 0 Å². The lowest BCUT2D eigenvalue weighted by atomic mass is 10.1. The summed E-state index contributed by atoms with van der Waals surface area (Å²) in [7, 11) is 0. The summed E-state index contributed by atoms with van der Waals surface area (Å²) in [5.41, 5.74) is 1.46. The number of quaternary nitrogens is 1. The number of rotatable bonds is 4. The van der Waals surface area contributed by atoms with E-state index in [0.29, 0.717) is 12.2 Å². The molecule has 0 aromatic heterocycles. The molecule has 2 nitrogen and oxygen atoms in total. The van der Waals surface area contributed by atoms with E-state index in [1.54, 1.807) is 4.90 Å². The van der Waals surface area contributed by atoms with Gasteiger partial charge in [0.1, 0.15) is 25.3 Å². The third-order valence-electron chi connectivity index (χ3n) is 3.46. The molecule has 1 unspecified atom stereocenters. The van der Waals surface area contributed by atoms with Gasteiger partial charge in [-0.1, -0.05) is 30.3 Å². The lowest BCUT2D eigenvalue weighted by molar-refractivity contribution is -0.915. The highest BCUT2D eigenvalue weighted by atomic mass is 16.5. The topological polar surface area (TPSA) is 13.7 Å². The van der Waals surface area contributed by atoms with Crippen LogP contribution in [0.15, 0.2) is 30.3 Å². The van der Waals surface area contributed by atoms with Crippen LogP contribution >= 0.6 is 0 Å². The average molecular weight is 234 g/mol. The van der Waals surface area contributed by atoms with Crippen molar-refractivity contribution in [2.24, 2.45) is 0 Å². The molecule has 0 spiro atoms. The molecule has 1 aliphatic rings. The molecule has 94 valence electrons. The molecule has 1 heterocycles. The highest BCUT2D eigenvalue weighted by Crippen LogP contribution is 2.02. The number of morpholine rings is 1. The second kappa shape index (κ2) is 6.18. The van der Waals surface area contributed by atoms with E-state index in [-0.39, 0.29) is 0 Å². The smallest absolute Gasteiger partial charge is 0.104 e. The van der Waals surface area contributed by atoms with Gasteiger partial charge in [0.05, 0.1) is 6.54 Å². The van der Waals surface area contributed by atoms with Gasteiger partial charge in [-0.05, 0) is 25.8 Å². The summed E-state index contributed by atoms with van der Waals surface area (Å²) in [6, 6.07) is 10.8. The number of aryl methyl sites for hydroxylation is 1. The van der Waals surface area contributed by atoms with Crippen molar-refractivity contribution in [2.45, 2.75) is 38.9 Å². The van der Waals surface area contributed by atoms with Gasteiger partial charge in [0.15, 0.2) is 0 Å². The SMILES string of the molecule is C[C@@H]1C[NH+](CCCc2ccccc2)C[C@H](C)O1. The summed E-state index contributed by atoms with van der Waals surface area (Å²) in [6.45, 7) is 7.98. The van der Waals surface area contributed by atoms with Gasteiger partial charge in [0.2, 0.25) is 0 Å². The van der Waals surface area contributed by atoms with Gasteiger partial charge in [-0.25, -0.2) is 0 Å². The fourth-order valence-electron chi connectivity index (χ4n) is 2.78. The molecule has 0 aliphatic carbocycles. The Balaban J connectivity index is 1.71. The fourth-order valence-corrected chi connectivity index (χ4v) is 2.78. The normalized spacial score (nSPS) is 29.2. The Bertz CT molecular complexity index is 315. The zero-order valence-electron chi connectivity index (χ0n) is 11.0. The molecule has 2 rings (SSSR count). The number of benzene rings is 1. The maximum Gasteiger partial charge on any atom is 0.104 e. The molecule has 1 aliphatic heterocycles. The molecule has 0 radical (unpaired) electrons. The van der Waals surface area contributed by atoms with E-state index in [1.807, 2.05) is 0 Å². The predicted octanol–water partition coefficient (Wildman–Crippen LogP) is 1.31. The maximum absolute atomic E-state index is 5.76. The molecule has 0 amide bonds. The highest BCUT2D eigenvalue weighted by Gasteiger charge is 2.24. The van der Waals surface area contributed by atoms with Crippen LogP contribution in [0, 0.1) is 0 Å². The van der Waals surface area contributed by atoms with Crippen molar-refractivity contribution >= 4 is 0 Å². The third kappa shape index (κ3) is 4.14. The van der Waals surface area contributed by atoms with Crippen molar-refractivity contribution in [3.8, 4) is 0 Å². The van der Waals surface area contributed by atoms with Crippen molar-refractivity contribution in [1.82, 2.24) is 0 Å². The second-order valence-corrected chi connectivity index (χ2v) is 5.25. The second-order valence-electron chi connectivity index (χ2n) is 5.25. The number of nitrogens with one attached hydrogen (secondary N) is 1. The summed E-state index contributed by atoms with van der Waals surface area (Å²) >= 11 is 0. The first-order chi connectivity index (χ1) is 8.24. The summed E-state index contributed by atoms with van der Waals surface area (Å²) in [4.78, 5) is 1.70. The molecule has 1 aromatic carbocycles. The first-order valence-corrected chi connectivity index (χ1v) is 6.77. The summed E-state index contributed by atoms with van der Waals surface area (Å²) in [5, 5.41) is 0. The van der Waals surface area contributed by atoms with Crippen molar-refractivity contribution < 1.29 is 9.64 Å². The van der Waals surface area contributed by atoms with Gasteiger partial charge < -0.3 is 9.64 Å². The highest BCUT2D eigenvalue weighted by molar-refractivity contribution is 5.14. The summed E-state index contributed by atoms with van der Waals surface area (Å²) in [6.07, 6.45) is 3.32. The maximum atomic E-state index is 5.76. The zero-order valence-corrected chi connectivity index (χ0v) is 11.0. The molecule has 1 fully saturated rings. The fraction of sp³-hybridized carbons (Fsp3) is 0.600. The molecular formula is C15H24NO+. The minimum Gasteiger partial charge on any atom is -0.364 e. The quantitative estimate of drug-likeness (QED) is 0.829. The number of hydrogen-bond donors (Lipinski definition) is 1. The Morgan fingerprint density at radius 3 is 2.41 bits per heavy atom. The molecule has 3 atom stereocenters. The van der Waals surface area contributed by atoms with E-state index in [9.17, 15) is 0 Å². The molecule has 2 heteroatoms. The van der Waals surface area contributed by atoms with Gasteiger partial charge in [0, 0.05) is 6.42 Å². The van der Waals surface area contributed by atoms with Crippen molar-refractivity contribution in [3.05, 3.63) is 35.9 Å². The molecule has 1 saturated heterocycles. The van der Waals surface area contributed by atoms with Crippen molar-refractivity contribution in [1.29, 1.82) is 0 Å². The largest absolute Gasteiger partial charge is 0.364 e.